The molecule has 2 N–H and O–H groups in total. The van der Waals surface area contributed by atoms with E-state index in [0.29, 0.717) is 36.5 Å². The molecular weight excluding hydrogens is 314 g/mol. The molecule has 124 valence electrons. The quantitative estimate of drug-likeness (QED) is 0.920. The zero-order chi connectivity index (χ0) is 16.6. The number of halogens is 1. The third kappa shape index (κ3) is 2.83. The summed E-state index contributed by atoms with van der Waals surface area (Å²) in [5, 5.41) is 0.543. The second-order valence-electron chi connectivity index (χ2n) is 6.53. The molecule has 1 aromatic carbocycles. The number of nitrogens with zero attached hydrogens (tertiary/aromatic N) is 2. The average molecular weight is 336 g/mol. The second-order valence-corrected chi connectivity index (χ2v) is 6.93. The number of likely N-dealkylation sites (N-methyl/N-ethyl adjacent to an activating group) is 1. The van der Waals surface area contributed by atoms with Crippen molar-refractivity contribution >= 4 is 29.1 Å². The first-order valence-electron chi connectivity index (χ1n) is 8.06. The monoisotopic (exact) mass is 335 g/mol. The van der Waals surface area contributed by atoms with Gasteiger partial charge >= 0.3 is 0 Å². The number of nitrogens with two attached hydrogens (primary N) is 1. The lowest BCUT2D eigenvalue weighted by Crippen LogP contribution is -2.56. The van der Waals surface area contributed by atoms with Gasteiger partial charge in [-0.15, -0.1) is 0 Å². The molecule has 1 aliphatic heterocycles. The Balaban J connectivity index is 1.76. The Labute approximate surface area is 141 Å². The lowest BCUT2D eigenvalue weighted by Gasteiger charge is -2.32. The predicted octanol–water partition coefficient (Wildman–Crippen LogP) is 2.18. The van der Waals surface area contributed by atoms with Gasteiger partial charge in [0.05, 0.1) is 16.2 Å². The van der Waals surface area contributed by atoms with Gasteiger partial charge in [-0.3, -0.25) is 9.59 Å². The highest BCUT2D eigenvalue weighted by atomic mass is 35.5. The fraction of sp³-hybridized carbons (Fsp3) is 0.529. The van der Waals surface area contributed by atoms with E-state index in [-0.39, 0.29) is 11.8 Å². The third-order valence-electron chi connectivity index (χ3n) is 5.03. The van der Waals surface area contributed by atoms with E-state index in [1.54, 1.807) is 22.9 Å². The smallest absolute Gasteiger partial charge is 0.249 e. The highest BCUT2D eigenvalue weighted by molar-refractivity contribution is 6.34. The van der Waals surface area contributed by atoms with E-state index >= 15 is 0 Å². The summed E-state index contributed by atoms with van der Waals surface area (Å²) in [5.41, 5.74) is 6.15. The molecule has 3 rings (SSSR count). The Bertz CT molecular complexity index is 628. The summed E-state index contributed by atoms with van der Waals surface area (Å²) in [6.45, 7) is 0.558. The summed E-state index contributed by atoms with van der Waals surface area (Å²) in [5.74, 6) is -0.204. The van der Waals surface area contributed by atoms with Crippen LogP contribution >= 0.6 is 11.6 Å². The van der Waals surface area contributed by atoms with Crippen molar-refractivity contribution < 1.29 is 9.59 Å². The van der Waals surface area contributed by atoms with E-state index < -0.39 is 11.6 Å². The first kappa shape index (κ1) is 16.3. The molecule has 23 heavy (non-hydrogen) atoms. The first-order valence-corrected chi connectivity index (χ1v) is 8.44. The van der Waals surface area contributed by atoms with Crippen LogP contribution in [0.3, 0.4) is 0 Å². The minimum absolute atomic E-state index is 0.0875. The largest absolute Gasteiger partial charge is 0.332 e. The van der Waals surface area contributed by atoms with Gasteiger partial charge in [-0.05, 0) is 31.4 Å². The second kappa shape index (κ2) is 6.13. The summed E-state index contributed by atoms with van der Waals surface area (Å²) >= 11 is 6.19. The van der Waals surface area contributed by atoms with Gasteiger partial charge in [0.1, 0.15) is 6.04 Å². The fourth-order valence-electron chi connectivity index (χ4n) is 3.65. The maximum absolute atomic E-state index is 12.8. The molecule has 2 amide bonds. The van der Waals surface area contributed by atoms with Gasteiger partial charge in [-0.25, -0.2) is 0 Å². The molecule has 1 saturated heterocycles. The summed E-state index contributed by atoms with van der Waals surface area (Å²) in [7, 11) is 1.69. The number of carbonyl (C=O) groups is 2. The minimum atomic E-state index is -0.799. The Hall–Kier alpha value is -1.59. The topological polar surface area (TPSA) is 66.6 Å². The van der Waals surface area contributed by atoms with Gasteiger partial charge < -0.3 is 15.5 Å². The molecule has 0 bridgehead atoms. The number of rotatable bonds is 3. The van der Waals surface area contributed by atoms with E-state index in [0.717, 1.165) is 12.8 Å². The Morgan fingerprint density at radius 2 is 2.00 bits per heavy atom. The van der Waals surface area contributed by atoms with Crippen LogP contribution in [0.2, 0.25) is 5.02 Å². The van der Waals surface area contributed by atoms with E-state index in [9.17, 15) is 9.59 Å². The number of para-hydroxylation sites is 1. The molecule has 1 aromatic rings. The van der Waals surface area contributed by atoms with Crippen LogP contribution in [-0.2, 0) is 9.59 Å². The van der Waals surface area contributed by atoms with Crippen molar-refractivity contribution in [3.63, 3.8) is 0 Å². The Kier molecular flexibility index (Phi) is 4.34. The molecule has 2 aliphatic rings. The zero-order valence-electron chi connectivity index (χ0n) is 13.3. The van der Waals surface area contributed by atoms with Crippen molar-refractivity contribution in [2.75, 3.05) is 18.5 Å². The lowest BCUT2D eigenvalue weighted by atomic mass is 9.96. The molecule has 1 heterocycles. The molecule has 6 heteroatoms. The van der Waals surface area contributed by atoms with Crippen LogP contribution in [0.4, 0.5) is 5.69 Å². The Morgan fingerprint density at radius 1 is 1.35 bits per heavy atom. The molecule has 0 aromatic heterocycles. The van der Waals surface area contributed by atoms with Crippen LogP contribution in [0.1, 0.15) is 32.1 Å². The molecular formula is C17H22ClN3O2. The molecule has 1 unspecified atom stereocenters. The van der Waals surface area contributed by atoms with Gasteiger partial charge in [0.2, 0.25) is 11.8 Å². The summed E-state index contributed by atoms with van der Waals surface area (Å²) in [6, 6.07) is 6.81. The Morgan fingerprint density at radius 3 is 2.65 bits per heavy atom. The van der Waals surface area contributed by atoms with Crippen molar-refractivity contribution in [1.29, 1.82) is 0 Å². The molecule has 1 atom stereocenters. The van der Waals surface area contributed by atoms with Crippen molar-refractivity contribution in [1.82, 2.24) is 4.90 Å². The fourth-order valence-corrected chi connectivity index (χ4v) is 3.88. The van der Waals surface area contributed by atoms with Gasteiger partial charge in [0.15, 0.2) is 0 Å². The van der Waals surface area contributed by atoms with Gasteiger partial charge in [0, 0.05) is 13.6 Å². The van der Waals surface area contributed by atoms with Crippen LogP contribution in [-0.4, -0.2) is 41.9 Å². The van der Waals surface area contributed by atoms with Crippen molar-refractivity contribution in [2.45, 2.75) is 43.7 Å². The van der Waals surface area contributed by atoms with Gasteiger partial charge in [-0.2, -0.15) is 0 Å². The van der Waals surface area contributed by atoms with E-state index in [2.05, 4.69) is 0 Å². The zero-order valence-corrected chi connectivity index (χ0v) is 14.1. The number of anilines is 1. The SMILES string of the molecule is CN(C(=O)C1(N)CCCC1)C1CCN(c2ccccc2Cl)C1=O. The van der Waals surface area contributed by atoms with E-state index in [1.165, 1.54) is 0 Å². The molecule has 1 saturated carbocycles. The van der Waals surface area contributed by atoms with Gasteiger partial charge in [-0.1, -0.05) is 36.6 Å². The molecule has 0 spiro atoms. The van der Waals surface area contributed by atoms with Crippen LogP contribution in [0.25, 0.3) is 0 Å². The van der Waals surface area contributed by atoms with Crippen LogP contribution < -0.4 is 10.6 Å². The third-order valence-corrected chi connectivity index (χ3v) is 5.35. The maximum Gasteiger partial charge on any atom is 0.249 e. The van der Waals surface area contributed by atoms with Crippen LogP contribution in [0.5, 0.6) is 0 Å². The standard InChI is InChI=1S/C17H22ClN3O2/c1-20(16(23)17(19)9-4-5-10-17)14-8-11-21(15(14)22)13-7-3-2-6-12(13)18/h2-3,6-7,14H,4-5,8-11,19H2,1H3. The minimum Gasteiger partial charge on any atom is -0.332 e. The first-order chi connectivity index (χ1) is 10.9. The van der Waals surface area contributed by atoms with Gasteiger partial charge in [0.25, 0.3) is 0 Å². The number of amides is 2. The van der Waals surface area contributed by atoms with E-state index in [4.69, 9.17) is 17.3 Å². The number of benzene rings is 1. The average Bonchev–Trinajstić information content (AvgIpc) is 3.14. The summed E-state index contributed by atoms with van der Waals surface area (Å²) in [6.07, 6.45) is 3.94. The highest BCUT2D eigenvalue weighted by Crippen LogP contribution is 2.33. The lowest BCUT2D eigenvalue weighted by molar-refractivity contribution is -0.141. The summed E-state index contributed by atoms with van der Waals surface area (Å²) < 4.78 is 0. The molecule has 5 nitrogen and oxygen atoms in total. The summed E-state index contributed by atoms with van der Waals surface area (Å²) in [4.78, 5) is 28.7. The molecule has 2 fully saturated rings. The number of hydrogen-bond donors (Lipinski definition) is 1. The maximum atomic E-state index is 12.8. The number of carbonyl (C=O) groups excluding carboxylic acids is 2. The normalized spacial score (nSPS) is 23.3. The van der Waals surface area contributed by atoms with Crippen molar-refractivity contribution in [3.05, 3.63) is 29.3 Å². The molecule has 1 aliphatic carbocycles. The highest BCUT2D eigenvalue weighted by Gasteiger charge is 2.44. The van der Waals surface area contributed by atoms with Crippen molar-refractivity contribution in [3.8, 4) is 0 Å². The van der Waals surface area contributed by atoms with Crippen LogP contribution in [0, 0.1) is 0 Å². The molecule has 0 radical (unpaired) electrons. The van der Waals surface area contributed by atoms with Crippen molar-refractivity contribution in [2.24, 2.45) is 5.73 Å². The number of hydrogen-bond acceptors (Lipinski definition) is 3. The van der Waals surface area contributed by atoms with Crippen LogP contribution in [0.15, 0.2) is 24.3 Å². The van der Waals surface area contributed by atoms with E-state index in [1.807, 2.05) is 18.2 Å². The predicted molar refractivity (Wildman–Crippen MR) is 90.4 cm³/mol.